The maximum Gasteiger partial charge on any atom is 0.456 e. The molecule has 0 bridgehead atoms. The van der Waals surface area contributed by atoms with Gasteiger partial charge in [-0.05, 0) is 64.8 Å². The average Bonchev–Trinajstić information content (AvgIpc) is 3.13. The Morgan fingerprint density at radius 3 is 2.63 bits per heavy atom. The number of aromatic nitrogens is 1. The van der Waals surface area contributed by atoms with E-state index < -0.39 is 28.3 Å². The summed E-state index contributed by atoms with van der Waals surface area (Å²) in [5.74, 6) is 0.0112. The molecule has 7 nitrogen and oxygen atoms in total. The molecule has 2 aliphatic heterocycles. The summed E-state index contributed by atoms with van der Waals surface area (Å²) in [6, 6.07) is 16.8. The third kappa shape index (κ3) is 4.64. The average molecular weight is 491 g/mol. The Kier molecular flexibility index (Phi) is 6.50. The fourth-order valence-corrected chi connectivity index (χ4v) is 7.26. The van der Waals surface area contributed by atoms with E-state index in [0.717, 1.165) is 27.6 Å². The molecule has 0 radical (unpaired) electrons. The quantitative estimate of drug-likeness (QED) is 0.358. The van der Waals surface area contributed by atoms with Crippen molar-refractivity contribution in [2.45, 2.75) is 30.5 Å². The van der Waals surface area contributed by atoms with E-state index >= 15 is 0 Å². The summed E-state index contributed by atoms with van der Waals surface area (Å²) in [5.41, 5.74) is 3.66. The highest BCUT2D eigenvalue weighted by Crippen LogP contribution is 2.40. The highest BCUT2D eigenvalue weighted by Gasteiger charge is 2.48. The monoisotopic (exact) mass is 491 g/mol. The van der Waals surface area contributed by atoms with Crippen LogP contribution in [-0.2, 0) is 14.5 Å². The van der Waals surface area contributed by atoms with Gasteiger partial charge in [-0.2, -0.15) is 0 Å². The predicted molar refractivity (Wildman–Crippen MR) is 136 cm³/mol. The van der Waals surface area contributed by atoms with E-state index in [1.807, 2.05) is 54.6 Å². The third-order valence-corrected chi connectivity index (χ3v) is 8.84. The number of hydrogen-bond acceptors (Lipinski definition) is 7. The smallest absolute Gasteiger partial charge is 0.456 e. The van der Waals surface area contributed by atoms with Gasteiger partial charge in [0.05, 0.1) is 29.4 Å². The lowest BCUT2D eigenvalue weighted by Gasteiger charge is -2.32. The molecule has 3 aromatic rings. The number of pyridine rings is 1. The maximum absolute atomic E-state index is 12.6. The molecule has 2 aliphatic rings. The van der Waals surface area contributed by atoms with Crippen molar-refractivity contribution in [3.05, 3.63) is 83.2 Å². The number of aliphatic hydroxyl groups is 1. The van der Waals surface area contributed by atoms with E-state index in [1.54, 1.807) is 12.3 Å². The van der Waals surface area contributed by atoms with Crippen molar-refractivity contribution in [2.75, 3.05) is 12.4 Å². The standard InChI is InChI=1S/C26H26BNO6S/c29-15-19-16-35(32,33)25-14-27(31)34-24(26(19)25)11-9-18(22-7-3-4-12-28-22)13-17-8-10-23(30)21-6-2-1-5-20(17)21/h1-8,10,12-13,24-25,29-31H,9,11,14-16H2/b18-13-/t24-,25+/m1/s1. The Morgan fingerprint density at radius 2 is 1.89 bits per heavy atom. The molecular weight excluding hydrogens is 465 g/mol. The first-order valence-electron chi connectivity index (χ1n) is 11.6. The number of phenols is 1. The molecule has 0 unspecified atom stereocenters. The third-order valence-electron chi connectivity index (χ3n) is 6.77. The molecular formula is C26H26BNO6S. The second-order valence-corrected chi connectivity index (χ2v) is 11.2. The zero-order chi connectivity index (χ0) is 24.6. The number of aromatic hydroxyl groups is 1. The van der Waals surface area contributed by atoms with Crippen LogP contribution in [0.25, 0.3) is 22.4 Å². The molecule has 5 rings (SSSR count). The van der Waals surface area contributed by atoms with E-state index in [4.69, 9.17) is 4.65 Å². The van der Waals surface area contributed by atoms with Crippen LogP contribution in [0.2, 0.25) is 6.32 Å². The lowest BCUT2D eigenvalue weighted by molar-refractivity contribution is 0.169. The number of sulfone groups is 1. The minimum Gasteiger partial charge on any atom is -0.507 e. The van der Waals surface area contributed by atoms with Gasteiger partial charge < -0.3 is 19.9 Å². The molecule has 1 fully saturated rings. The minimum absolute atomic E-state index is 0.0138. The Morgan fingerprint density at radius 1 is 1.11 bits per heavy atom. The van der Waals surface area contributed by atoms with Crippen LogP contribution in [0.15, 0.2) is 71.9 Å². The van der Waals surface area contributed by atoms with E-state index in [-0.39, 0.29) is 24.4 Å². The minimum atomic E-state index is -3.47. The largest absolute Gasteiger partial charge is 0.507 e. The van der Waals surface area contributed by atoms with Gasteiger partial charge in [-0.15, -0.1) is 0 Å². The van der Waals surface area contributed by atoms with Crippen LogP contribution in [0.3, 0.4) is 0 Å². The van der Waals surface area contributed by atoms with Crippen LogP contribution in [0, 0.1) is 0 Å². The SMILES string of the molecule is O=S1(=O)CC(CO)=C2[C@@H](CC/C(=C/c3ccc(O)c4ccccc34)c3ccccn3)OB(O)C[C@@H]21. The van der Waals surface area contributed by atoms with Gasteiger partial charge in [0.2, 0.25) is 0 Å². The Labute approximate surface area is 204 Å². The number of aliphatic hydroxyl groups excluding tert-OH is 1. The second-order valence-electron chi connectivity index (χ2n) is 8.97. The van der Waals surface area contributed by atoms with Gasteiger partial charge in [-0.25, -0.2) is 8.42 Å². The molecule has 0 saturated carbocycles. The molecule has 1 aromatic heterocycles. The van der Waals surface area contributed by atoms with Crippen LogP contribution in [0.5, 0.6) is 5.75 Å². The summed E-state index contributed by atoms with van der Waals surface area (Å²) < 4.78 is 31.1. The number of nitrogens with zero attached hydrogens (tertiary/aromatic N) is 1. The molecule has 35 heavy (non-hydrogen) atoms. The molecule has 2 aromatic carbocycles. The van der Waals surface area contributed by atoms with Crippen LogP contribution in [-0.4, -0.2) is 59.5 Å². The Hall–Kier alpha value is -2.98. The first-order chi connectivity index (χ1) is 16.9. The lowest BCUT2D eigenvalue weighted by atomic mass is 9.74. The summed E-state index contributed by atoms with van der Waals surface area (Å²) in [7, 11) is -4.64. The molecule has 2 atom stereocenters. The van der Waals surface area contributed by atoms with Gasteiger partial charge in [0.15, 0.2) is 9.84 Å². The Balaban J connectivity index is 1.51. The zero-order valence-corrected chi connectivity index (χ0v) is 19.9. The van der Waals surface area contributed by atoms with Gasteiger partial charge >= 0.3 is 7.12 Å². The van der Waals surface area contributed by atoms with E-state index in [2.05, 4.69) is 4.98 Å². The van der Waals surface area contributed by atoms with E-state index in [0.29, 0.717) is 24.0 Å². The van der Waals surface area contributed by atoms with Crippen molar-refractivity contribution < 1.29 is 28.3 Å². The molecule has 0 amide bonds. The summed E-state index contributed by atoms with van der Waals surface area (Å²) >= 11 is 0. The van der Waals surface area contributed by atoms with Crippen LogP contribution < -0.4 is 0 Å². The van der Waals surface area contributed by atoms with E-state index in [1.165, 1.54) is 0 Å². The summed E-state index contributed by atoms with van der Waals surface area (Å²) in [5, 5.41) is 31.2. The predicted octanol–water partition coefficient (Wildman–Crippen LogP) is 3.23. The zero-order valence-electron chi connectivity index (χ0n) is 19.0. The highest BCUT2D eigenvalue weighted by molar-refractivity contribution is 7.92. The number of phenolic OH excluding ortho intramolecular Hbond substituents is 1. The molecule has 3 heterocycles. The van der Waals surface area contributed by atoms with Gasteiger partial charge in [0.1, 0.15) is 5.75 Å². The molecule has 180 valence electrons. The number of benzene rings is 2. The first kappa shape index (κ1) is 23.8. The number of rotatable bonds is 6. The van der Waals surface area contributed by atoms with Crippen LogP contribution in [0.4, 0.5) is 0 Å². The summed E-state index contributed by atoms with van der Waals surface area (Å²) in [6.07, 6.45) is 4.02. The second kappa shape index (κ2) is 9.58. The van der Waals surface area contributed by atoms with E-state index in [9.17, 15) is 23.7 Å². The van der Waals surface area contributed by atoms with Gasteiger partial charge in [0, 0.05) is 17.9 Å². The van der Waals surface area contributed by atoms with Crippen molar-refractivity contribution in [3.63, 3.8) is 0 Å². The Bertz CT molecular complexity index is 1420. The van der Waals surface area contributed by atoms with Crippen molar-refractivity contribution in [3.8, 4) is 5.75 Å². The van der Waals surface area contributed by atoms with Crippen molar-refractivity contribution in [2.24, 2.45) is 0 Å². The number of hydrogen-bond donors (Lipinski definition) is 3. The summed E-state index contributed by atoms with van der Waals surface area (Å²) in [4.78, 5) is 4.52. The highest BCUT2D eigenvalue weighted by atomic mass is 32.2. The molecule has 3 N–H and O–H groups in total. The lowest BCUT2D eigenvalue weighted by Crippen LogP contribution is -2.42. The number of allylic oxidation sites excluding steroid dienone is 1. The van der Waals surface area contributed by atoms with Gasteiger partial charge in [0.25, 0.3) is 0 Å². The molecule has 9 heteroatoms. The normalized spacial score (nSPS) is 22.0. The van der Waals surface area contributed by atoms with Crippen LogP contribution >= 0.6 is 0 Å². The molecule has 0 spiro atoms. The van der Waals surface area contributed by atoms with Gasteiger partial charge in [-0.3, -0.25) is 4.98 Å². The van der Waals surface area contributed by atoms with Crippen LogP contribution in [0.1, 0.15) is 24.1 Å². The molecule has 0 aliphatic carbocycles. The maximum atomic E-state index is 12.6. The fraction of sp³-hybridized carbons (Fsp3) is 0.269. The topological polar surface area (TPSA) is 117 Å². The van der Waals surface area contributed by atoms with Gasteiger partial charge in [-0.1, -0.05) is 36.4 Å². The van der Waals surface area contributed by atoms with Crippen molar-refractivity contribution in [1.29, 1.82) is 0 Å². The fourth-order valence-electron chi connectivity index (χ4n) is 5.15. The summed E-state index contributed by atoms with van der Waals surface area (Å²) in [6.45, 7) is -0.344. The first-order valence-corrected chi connectivity index (χ1v) is 13.3. The van der Waals surface area contributed by atoms with Crippen molar-refractivity contribution >= 4 is 39.4 Å². The van der Waals surface area contributed by atoms with Crippen molar-refractivity contribution in [1.82, 2.24) is 4.98 Å². The molecule has 1 saturated heterocycles. The number of fused-ring (bicyclic) bond motifs is 2.